The average Bonchev–Trinajstić information content (AvgIpc) is 2.65. The smallest absolute Gasteiger partial charge is 0.339 e. The van der Waals surface area contributed by atoms with Gasteiger partial charge in [-0.15, -0.1) is 0 Å². The molecule has 144 valence electrons. The quantitative estimate of drug-likeness (QED) is 0.250. The molecule has 0 aliphatic rings. The molecule has 0 spiro atoms. The molecule has 1 aromatic carbocycles. The Morgan fingerprint density at radius 1 is 0.885 bits per heavy atom. The van der Waals surface area contributed by atoms with Crippen LogP contribution in [0.1, 0.15) is 91.8 Å². The second kappa shape index (κ2) is 14.1. The van der Waals surface area contributed by atoms with Crippen LogP contribution < -0.4 is 0 Å². The topological polar surface area (TPSA) is 63.6 Å². The van der Waals surface area contributed by atoms with Crippen molar-refractivity contribution >= 4 is 11.9 Å². The second-order valence-corrected chi connectivity index (χ2v) is 6.51. The molecule has 0 unspecified atom stereocenters. The van der Waals surface area contributed by atoms with Crippen molar-refractivity contribution < 1.29 is 19.4 Å². The van der Waals surface area contributed by atoms with Crippen LogP contribution in [0, 0.1) is 0 Å². The Labute approximate surface area is 157 Å². The highest BCUT2D eigenvalue weighted by atomic mass is 16.5. The monoisotopic (exact) mass is 360 g/mol. The van der Waals surface area contributed by atoms with Gasteiger partial charge in [0.2, 0.25) is 0 Å². The fourth-order valence-corrected chi connectivity index (χ4v) is 2.72. The van der Waals surface area contributed by atoms with Crippen LogP contribution in [-0.4, -0.2) is 23.7 Å². The minimum atomic E-state index is -1.11. The number of hydrogen-bond donors (Lipinski definition) is 1. The van der Waals surface area contributed by atoms with Gasteiger partial charge in [0, 0.05) is 0 Å². The van der Waals surface area contributed by atoms with Gasteiger partial charge in [-0.3, -0.25) is 0 Å². The molecular formula is C22H32O4. The maximum atomic E-state index is 12.0. The predicted octanol–water partition coefficient (Wildman–Crippen LogP) is 6.02. The summed E-state index contributed by atoms with van der Waals surface area (Å²) in [6, 6.07) is 6.14. The number of carbonyl (C=O) groups is 2. The normalized spacial score (nSPS) is 11.0. The summed E-state index contributed by atoms with van der Waals surface area (Å²) in [7, 11) is 0. The Morgan fingerprint density at radius 3 is 2.12 bits per heavy atom. The highest BCUT2D eigenvalue weighted by molar-refractivity contribution is 6.02. The maximum Gasteiger partial charge on any atom is 0.339 e. The number of carboxylic acid groups (broad SMARTS) is 1. The Kier molecular flexibility index (Phi) is 11.9. The van der Waals surface area contributed by atoms with Crippen molar-refractivity contribution in [1.29, 1.82) is 0 Å². The van der Waals surface area contributed by atoms with Gasteiger partial charge in [0.1, 0.15) is 0 Å². The number of hydrogen-bond acceptors (Lipinski definition) is 3. The molecule has 0 aliphatic carbocycles. The van der Waals surface area contributed by atoms with Crippen molar-refractivity contribution in [2.45, 2.75) is 71.1 Å². The van der Waals surface area contributed by atoms with Crippen molar-refractivity contribution in [2.24, 2.45) is 0 Å². The number of unbranched alkanes of at least 4 members (excludes halogenated alkanes) is 8. The minimum Gasteiger partial charge on any atom is -0.478 e. The van der Waals surface area contributed by atoms with E-state index >= 15 is 0 Å². The van der Waals surface area contributed by atoms with E-state index in [1.165, 1.54) is 57.1 Å². The number of ether oxygens (including phenoxy) is 1. The fourth-order valence-electron chi connectivity index (χ4n) is 2.72. The summed E-state index contributed by atoms with van der Waals surface area (Å²) in [5.74, 6) is -1.67. The zero-order chi connectivity index (χ0) is 19.0. The summed E-state index contributed by atoms with van der Waals surface area (Å²) in [5, 5.41) is 9.09. The van der Waals surface area contributed by atoms with Crippen molar-refractivity contribution in [3.05, 3.63) is 47.5 Å². The summed E-state index contributed by atoms with van der Waals surface area (Å²) in [4.78, 5) is 23.1. The van der Waals surface area contributed by atoms with Crippen LogP contribution in [0.15, 0.2) is 36.4 Å². The third kappa shape index (κ3) is 9.40. The first kappa shape index (κ1) is 21.9. The lowest BCUT2D eigenvalue weighted by molar-refractivity contribution is 0.0487. The number of rotatable bonds is 14. The summed E-state index contributed by atoms with van der Waals surface area (Å²) < 4.78 is 5.20. The lowest BCUT2D eigenvalue weighted by Crippen LogP contribution is -2.12. The van der Waals surface area contributed by atoms with E-state index in [0.29, 0.717) is 6.61 Å². The first-order valence-corrected chi connectivity index (χ1v) is 9.81. The summed E-state index contributed by atoms with van der Waals surface area (Å²) in [5.41, 5.74) is 0.105. The Bertz CT molecular complexity index is 563. The van der Waals surface area contributed by atoms with E-state index in [-0.39, 0.29) is 11.1 Å². The zero-order valence-electron chi connectivity index (χ0n) is 15.9. The highest BCUT2D eigenvalue weighted by Crippen LogP contribution is 2.12. The summed E-state index contributed by atoms with van der Waals surface area (Å²) in [6.07, 6.45) is 16.2. The Balaban J connectivity index is 2.05. The van der Waals surface area contributed by atoms with Crippen LogP contribution in [0.4, 0.5) is 0 Å². The number of benzene rings is 1. The highest BCUT2D eigenvalue weighted by Gasteiger charge is 2.16. The fraction of sp³-hybridized carbons (Fsp3) is 0.545. The first-order chi connectivity index (χ1) is 12.7. The number of esters is 1. The van der Waals surface area contributed by atoms with E-state index in [9.17, 15) is 9.59 Å². The van der Waals surface area contributed by atoms with Gasteiger partial charge in [0.05, 0.1) is 17.7 Å². The van der Waals surface area contributed by atoms with Gasteiger partial charge in [-0.2, -0.15) is 0 Å². The van der Waals surface area contributed by atoms with Crippen LogP contribution in [0.25, 0.3) is 0 Å². The SMILES string of the molecule is CCCC/C=C/CCCCCCCCOC(=O)c1ccccc1C(=O)O. The van der Waals surface area contributed by atoms with Crippen LogP contribution in [0.5, 0.6) is 0 Å². The molecule has 0 heterocycles. The van der Waals surface area contributed by atoms with Crippen LogP contribution in [-0.2, 0) is 4.74 Å². The van der Waals surface area contributed by atoms with Crippen molar-refractivity contribution in [3.63, 3.8) is 0 Å². The van der Waals surface area contributed by atoms with Gasteiger partial charge in [-0.05, 0) is 37.8 Å². The van der Waals surface area contributed by atoms with Gasteiger partial charge in [0.15, 0.2) is 0 Å². The largest absolute Gasteiger partial charge is 0.478 e. The molecule has 0 aliphatic heterocycles. The van der Waals surface area contributed by atoms with Gasteiger partial charge in [0.25, 0.3) is 0 Å². The molecule has 0 aromatic heterocycles. The van der Waals surface area contributed by atoms with E-state index < -0.39 is 11.9 Å². The van der Waals surface area contributed by atoms with E-state index in [0.717, 1.165) is 19.3 Å². The minimum absolute atomic E-state index is 0.0127. The molecule has 0 amide bonds. The van der Waals surface area contributed by atoms with Gasteiger partial charge >= 0.3 is 11.9 Å². The van der Waals surface area contributed by atoms with Crippen molar-refractivity contribution in [3.8, 4) is 0 Å². The average molecular weight is 360 g/mol. The molecule has 4 nitrogen and oxygen atoms in total. The number of aromatic carboxylic acids is 1. The molecule has 1 rings (SSSR count). The second-order valence-electron chi connectivity index (χ2n) is 6.51. The number of allylic oxidation sites excluding steroid dienone is 2. The molecule has 1 aromatic rings. The van der Waals surface area contributed by atoms with Crippen LogP contribution in [0.2, 0.25) is 0 Å². The maximum absolute atomic E-state index is 12.0. The number of carboxylic acids is 1. The molecule has 0 bridgehead atoms. The number of carbonyl (C=O) groups excluding carboxylic acids is 1. The van der Waals surface area contributed by atoms with Crippen LogP contribution in [0.3, 0.4) is 0 Å². The van der Waals surface area contributed by atoms with E-state index in [1.807, 2.05) is 0 Å². The standard InChI is InChI=1S/C22H32O4/c1-2-3-4-5-6-7-8-9-10-11-12-15-18-26-22(25)20-17-14-13-16-19(20)21(23)24/h5-6,13-14,16-17H,2-4,7-12,15,18H2,1H3,(H,23,24)/b6-5+. The molecule has 0 saturated heterocycles. The lowest BCUT2D eigenvalue weighted by atomic mass is 10.1. The van der Waals surface area contributed by atoms with Crippen LogP contribution >= 0.6 is 0 Å². The van der Waals surface area contributed by atoms with E-state index in [1.54, 1.807) is 12.1 Å². The van der Waals surface area contributed by atoms with Crippen molar-refractivity contribution in [2.75, 3.05) is 6.61 Å². The molecular weight excluding hydrogens is 328 g/mol. The van der Waals surface area contributed by atoms with E-state index in [4.69, 9.17) is 9.84 Å². The molecule has 0 radical (unpaired) electrons. The first-order valence-electron chi connectivity index (χ1n) is 9.81. The summed E-state index contributed by atoms with van der Waals surface area (Å²) >= 11 is 0. The Hall–Kier alpha value is -2.10. The molecule has 0 saturated carbocycles. The van der Waals surface area contributed by atoms with Gasteiger partial charge in [-0.1, -0.05) is 69.7 Å². The third-order valence-corrected chi connectivity index (χ3v) is 4.27. The predicted molar refractivity (Wildman–Crippen MR) is 105 cm³/mol. The third-order valence-electron chi connectivity index (χ3n) is 4.27. The zero-order valence-corrected chi connectivity index (χ0v) is 15.9. The van der Waals surface area contributed by atoms with Crippen molar-refractivity contribution in [1.82, 2.24) is 0 Å². The Morgan fingerprint density at radius 2 is 1.46 bits per heavy atom. The molecule has 0 atom stereocenters. The summed E-state index contributed by atoms with van der Waals surface area (Å²) in [6.45, 7) is 2.55. The molecule has 4 heteroatoms. The molecule has 1 N–H and O–H groups in total. The lowest BCUT2D eigenvalue weighted by Gasteiger charge is -2.07. The van der Waals surface area contributed by atoms with Gasteiger partial charge < -0.3 is 9.84 Å². The van der Waals surface area contributed by atoms with Gasteiger partial charge in [-0.25, -0.2) is 9.59 Å². The molecule has 26 heavy (non-hydrogen) atoms. The molecule has 0 fully saturated rings. The van der Waals surface area contributed by atoms with E-state index in [2.05, 4.69) is 19.1 Å².